The molecule has 1 N–H and O–H groups in total. The molecular formula is C18H19N2O3+. The minimum atomic E-state index is -0.0651. The Bertz CT molecular complexity index is 696. The van der Waals surface area contributed by atoms with Crippen LogP contribution in [0, 0.1) is 0 Å². The van der Waals surface area contributed by atoms with Crippen molar-refractivity contribution in [3.8, 4) is 11.5 Å². The fraction of sp³-hybridized carbons (Fsp3) is 0.222. The summed E-state index contributed by atoms with van der Waals surface area (Å²) in [5.41, 5.74) is 1.00. The second kappa shape index (κ2) is 6.96. The quantitative estimate of drug-likeness (QED) is 0.872. The lowest BCUT2D eigenvalue weighted by Crippen LogP contribution is -2.71. The first kappa shape index (κ1) is 15.1. The van der Waals surface area contributed by atoms with Crippen LogP contribution in [0.1, 0.15) is 5.56 Å². The number of methoxy groups -OCH3 is 1. The highest BCUT2D eigenvalue weighted by molar-refractivity contribution is 6.05. The first-order valence-corrected chi connectivity index (χ1v) is 7.51. The zero-order valence-corrected chi connectivity index (χ0v) is 13.0. The number of amides is 1. The molecule has 0 saturated carbocycles. The summed E-state index contributed by atoms with van der Waals surface area (Å²) in [5, 5.41) is 0. The molecule has 0 unspecified atom stereocenters. The number of nitrogens with zero attached hydrogens (tertiary/aromatic N) is 1. The van der Waals surface area contributed by atoms with Crippen molar-refractivity contribution in [3.05, 3.63) is 60.2 Å². The van der Waals surface area contributed by atoms with Crippen molar-refractivity contribution >= 4 is 11.7 Å². The van der Waals surface area contributed by atoms with Crippen molar-refractivity contribution in [2.45, 2.75) is 0 Å². The second-order valence-corrected chi connectivity index (χ2v) is 5.15. The van der Waals surface area contributed by atoms with Crippen LogP contribution in [-0.4, -0.2) is 43.4 Å². The van der Waals surface area contributed by atoms with Crippen LogP contribution >= 0.6 is 0 Å². The fourth-order valence-corrected chi connectivity index (χ4v) is 2.49. The van der Waals surface area contributed by atoms with Gasteiger partial charge in [-0.1, -0.05) is 18.2 Å². The first-order chi connectivity index (χ1) is 11.3. The molecule has 2 aromatic carbocycles. The Morgan fingerprint density at radius 3 is 2.48 bits per heavy atom. The Kier molecular flexibility index (Phi) is 4.57. The van der Waals surface area contributed by atoms with E-state index in [4.69, 9.17) is 9.47 Å². The monoisotopic (exact) mass is 311 g/mol. The van der Waals surface area contributed by atoms with Crippen LogP contribution in [0.3, 0.4) is 0 Å². The number of nitrogens with one attached hydrogen (secondary N) is 1. The van der Waals surface area contributed by atoms with Crippen LogP contribution in [0.2, 0.25) is 0 Å². The average molecular weight is 311 g/mol. The van der Waals surface area contributed by atoms with Gasteiger partial charge in [0.25, 0.3) is 5.84 Å². The number of benzene rings is 2. The smallest absolute Gasteiger partial charge is 0.347 e. The van der Waals surface area contributed by atoms with Crippen molar-refractivity contribution in [3.63, 3.8) is 0 Å². The van der Waals surface area contributed by atoms with E-state index in [1.165, 1.54) is 0 Å². The number of rotatable bonds is 5. The number of hydrogen-bond donors (Lipinski definition) is 1. The summed E-state index contributed by atoms with van der Waals surface area (Å²) in [6.07, 6.45) is 0. The van der Waals surface area contributed by atoms with Gasteiger partial charge in [0, 0.05) is 0 Å². The molecule has 1 aliphatic heterocycles. The van der Waals surface area contributed by atoms with E-state index in [2.05, 4.69) is 4.99 Å². The summed E-state index contributed by atoms with van der Waals surface area (Å²) in [6.45, 7) is 1.40. The van der Waals surface area contributed by atoms with Gasteiger partial charge in [0.05, 0.1) is 12.7 Å². The first-order valence-electron chi connectivity index (χ1n) is 7.51. The molecule has 0 fully saturated rings. The van der Waals surface area contributed by atoms with Crippen molar-refractivity contribution < 1.29 is 19.3 Å². The lowest BCUT2D eigenvalue weighted by Gasteiger charge is -2.12. The maximum absolute atomic E-state index is 12.4. The van der Waals surface area contributed by atoms with E-state index in [1.807, 2.05) is 30.3 Å². The predicted octanol–water partition coefficient (Wildman–Crippen LogP) is 0.444. The lowest BCUT2D eigenvalue weighted by atomic mass is 10.2. The normalized spacial score (nSPS) is 13.6. The maximum atomic E-state index is 12.4. The molecule has 1 amide bonds. The highest BCUT2D eigenvalue weighted by Gasteiger charge is 2.32. The molecular weight excluding hydrogens is 292 g/mol. The molecule has 0 atom stereocenters. The third kappa shape index (κ3) is 3.51. The fourth-order valence-electron chi connectivity index (χ4n) is 2.49. The lowest BCUT2D eigenvalue weighted by molar-refractivity contribution is -0.444. The molecule has 0 spiro atoms. The van der Waals surface area contributed by atoms with Gasteiger partial charge in [-0.15, -0.1) is 0 Å². The van der Waals surface area contributed by atoms with Crippen molar-refractivity contribution in [2.24, 2.45) is 0 Å². The van der Waals surface area contributed by atoms with Gasteiger partial charge in [0.2, 0.25) is 0 Å². The summed E-state index contributed by atoms with van der Waals surface area (Å²) in [4.78, 5) is 17.4. The number of amidine groups is 1. The van der Waals surface area contributed by atoms with Gasteiger partial charge in [-0.2, -0.15) is 4.90 Å². The highest BCUT2D eigenvalue weighted by atomic mass is 16.5. The molecule has 0 aliphatic carbocycles. The van der Waals surface area contributed by atoms with Crippen LogP contribution in [0.5, 0.6) is 11.5 Å². The molecule has 118 valence electrons. The molecule has 0 aromatic heterocycles. The van der Waals surface area contributed by atoms with Gasteiger partial charge in [0.15, 0.2) is 6.61 Å². The van der Waals surface area contributed by atoms with E-state index in [0.717, 1.165) is 23.7 Å². The third-order valence-electron chi connectivity index (χ3n) is 3.67. The SMILES string of the molecule is COc1ccc(OCC(=O)N2CC[NH+]=C2c2ccccc2)cc1. The number of carbonyl (C=O) groups is 1. The molecule has 1 heterocycles. The van der Waals surface area contributed by atoms with E-state index in [1.54, 1.807) is 36.3 Å². The second-order valence-electron chi connectivity index (χ2n) is 5.15. The van der Waals surface area contributed by atoms with Crippen LogP contribution in [-0.2, 0) is 4.79 Å². The largest absolute Gasteiger partial charge is 0.497 e. The molecule has 5 nitrogen and oxygen atoms in total. The van der Waals surface area contributed by atoms with Gasteiger partial charge in [-0.05, 0) is 36.4 Å². The van der Waals surface area contributed by atoms with Gasteiger partial charge in [0.1, 0.15) is 24.6 Å². The van der Waals surface area contributed by atoms with Crippen LogP contribution in [0.25, 0.3) is 0 Å². The number of ether oxygens (including phenoxy) is 2. The van der Waals surface area contributed by atoms with Crippen molar-refractivity contribution in [2.75, 3.05) is 26.8 Å². The van der Waals surface area contributed by atoms with E-state index in [9.17, 15) is 4.79 Å². The summed E-state index contributed by atoms with van der Waals surface area (Å²) in [6, 6.07) is 17.0. The Balaban J connectivity index is 1.62. The Morgan fingerprint density at radius 1 is 1.09 bits per heavy atom. The molecule has 0 bridgehead atoms. The summed E-state index contributed by atoms with van der Waals surface area (Å²) in [5.74, 6) is 2.18. The topological polar surface area (TPSA) is 52.7 Å². The number of carbonyl (C=O) groups excluding carboxylic acids is 1. The van der Waals surface area contributed by atoms with Gasteiger partial charge in [-0.25, -0.2) is 4.79 Å². The van der Waals surface area contributed by atoms with E-state index in [-0.39, 0.29) is 12.5 Å². The van der Waals surface area contributed by atoms with E-state index >= 15 is 0 Å². The van der Waals surface area contributed by atoms with Crippen LogP contribution in [0.15, 0.2) is 54.6 Å². The van der Waals surface area contributed by atoms with Crippen molar-refractivity contribution in [1.29, 1.82) is 0 Å². The van der Waals surface area contributed by atoms with E-state index in [0.29, 0.717) is 12.3 Å². The summed E-state index contributed by atoms with van der Waals surface area (Å²) in [7, 11) is 1.61. The Morgan fingerprint density at radius 2 is 1.78 bits per heavy atom. The van der Waals surface area contributed by atoms with Crippen LogP contribution < -0.4 is 14.5 Å². The maximum Gasteiger partial charge on any atom is 0.347 e. The highest BCUT2D eigenvalue weighted by Crippen LogP contribution is 2.17. The molecule has 5 heteroatoms. The Labute approximate surface area is 135 Å². The zero-order valence-electron chi connectivity index (χ0n) is 13.0. The van der Waals surface area contributed by atoms with Crippen LogP contribution in [0.4, 0.5) is 0 Å². The minimum absolute atomic E-state index is 0.00431. The molecule has 1 aliphatic rings. The van der Waals surface area contributed by atoms with Gasteiger partial charge >= 0.3 is 5.91 Å². The van der Waals surface area contributed by atoms with Gasteiger partial charge in [-0.3, -0.25) is 4.99 Å². The minimum Gasteiger partial charge on any atom is -0.497 e. The van der Waals surface area contributed by atoms with Gasteiger partial charge < -0.3 is 9.47 Å². The standard InChI is InChI=1S/C18H18N2O3/c1-22-15-7-9-16(10-8-15)23-13-17(21)20-12-11-19-18(20)14-5-3-2-4-6-14/h2-10H,11-13H2,1H3/p+1. The Hall–Kier alpha value is -2.82. The molecule has 3 rings (SSSR count). The molecule has 0 radical (unpaired) electrons. The predicted molar refractivity (Wildman–Crippen MR) is 86.6 cm³/mol. The average Bonchev–Trinajstić information content (AvgIpc) is 3.11. The molecule has 0 saturated heterocycles. The zero-order chi connectivity index (χ0) is 16.1. The molecule has 2 aromatic rings. The van der Waals surface area contributed by atoms with Crippen molar-refractivity contribution in [1.82, 2.24) is 4.90 Å². The van der Waals surface area contributed by atoms with E-state index < -0.39 is 0 Å². The third-order valence-corrected chi connectivity index (χ3v) is 3.67. The summed E-state index contributed by atoms with van der Waals surface area (Å²) < 4.78 is 10.7. The number of hydrogen-bond acceptors (Lipinski definition) is 3. The molecule has 23 heavy (non-hydrogen) atoms. The summed E-state index contributed by atoms with van der Waals surface area (Å²) >= 11 is 0.